The summed E-state index contributed by atoms with van der Waals surface area (Å²) < 4.78 is 30.8. The lowest BCUT2D eigenvalue weighted by Gasteiger charge is -2.15. The summed E-state index contributed by atoms with van der Waals surface area (Å²) in [4.78, 5) is 23.9. The largest absolute Gasteiger partial charge is 0.465 e. The van der Waals surface area contributed by atoms with Crippen molar-refractivity contribution < 1.29 is 22.7 Å². The predicted molar refractivity (Wildman–Crippen MR) is 86.0 cm³/mol. The average molecular weight is 345 g/mol. The smallest absolute Gasteiger partial charge is 0.337 e. The molecule has 6 nitrogen and oxygen atoms in total. The van der Waals surface area contributed by atoms with Crippen LogP contribution in [0.5, 0.6) is 0 Å². The van der Waals surface area contributed by atoms with Crippen molar-refractivity contribution in [1.29, 1.82) is 0 Å². The third kappa shape index (κ3) is 2.56. The summed E-state index contributed by atoms with van der Waals surface area (Å²) in [5.74, 6) is -1.25. The van der Waals surface area contributed by atoms with E-state index >= 15 is 0 Å². The van der Waals surface area contributed by atoms with Crippen LogP contribution in [0.25, 0.3) is 0 Å². The van der Waals surface area contributed by atoms with E-state index in [1.165, 1.54) is 25.3 Å². The molecule has 1 aliphatic heterocycles. The van der Waals surface area contributed by atoms with Gasteiger partial charge in [-0.05, 0) is 30.7 Å². The van der Waals surface area contributed by atoms with Gasteiger partial charge in [-0.25, -0.2) is 17.5 Å². The Labute approximate surface area is 139 Å². The number of benzene rings is 2. The molecule has 1 aliphatic rings. The average Bonchev–Trinajstić information content (AvgIpc) is 2.75. The number of hydrogen-bond acceptors (Lipinski definition) is 5. The molecule has 0 bridgehead atoms. The van der Waals surface area contributed by atoms with E-state index in [0.717, 1.165) is 9.87 Å². The number of hydrogen-bond donors (Lipinski definition) is 0. The van der Waals surface area contributed by atoms with Crippen molar-refractivity contribution in [3.63, 3.8) is 0 Å². The quantitative estimate of drug-likeness (QED) is 0.796. The summed E-state index contributed by atoms with van der Waals surface area (Å²) >= 11 is 0. The van der Waals surface area contributed by atoms with Crippen molar-refractivity contribution in [3.8, 4) is 0 Å². The first-order valence-corrected chi connectivity index (χ1v) is 8.63. The number of rotatable bonds is 3. The number of ether oxygens (including phenoxy) is 1. The summed E-state index contributed by atoms with van der Waals surface area (Å²) in [5.41, 5.74) is 1.84. The second kappa shape index (κ2) is 5.76. The maximum Gasteiger partial charge on any atom is 0.337 e. The fourth-order valence-electron chi connectivity index (χ4n) is 2.65. The first kappa shape index (κ1) is 16.2. The van der Waals surface area contributed by atoms with E-state index in [1.54, 1.807) is 12.1 Å². The molecule has 7 heteroatoms. The standard InChI is InChI=1S/C17H15NO5S/c1-11-4-3-5-12(8-11)10-18-16(19)14-7-6-13(17(20)23-2)9-15(14)24(18,21)22/h3-9H,10H2,1-2H3. The normalized spacial score (nSPS) is 15.2. The Morgan fingerprint density at radius 3 is 2.58 bits per heavy atom. The number of aryl methyl sites for hydroxylation is 1. The van der Waals surface area contributed by atoms with Gasteiger partial charge >= 0.3 is 5.97 Å². The van der Waals surface area contributed by atoms with E-state index in [2.05, 4.69) is 4.74 Å². The fraction of sp³-hybridized carbons (Fsp3) is 0.176. The van der Waals surface area contributed by atoms with E-state index in [0.29, 0.717) is 5.56 Å². The predicted octanol–water partition coefficient (Wildman–Crippen LogP) is 2.13. The van der Waals surface area contributed by atoms with Crippen molar-refractivity contribution in [2.75, 3.05) is 7.11 Å². The maximum atomic E-state index is 12.7. The second-order valence-electron chi connectivity index (χ2n) is 5.51. The topological polar surface area (TPSA) is 80.8 Å². The molecule has 0 unspecified atom stereocenters. The molecule has 0 N–H and O–H groups in total. The molecule has 124 valence electrons. The van der Waals surface area contributed by atoms with E-state index in [4.69, 9.17) is 0 Å². The maximum absolute atomic E-state index is 12.7. The van der Waals surface area contributed by atoms with Gasteiger partial charge < -0.3 is 4.74 Å². The molecule has 0 fully saturated rings. The van der Waals surface area contributed by atoms with Gasteiger partial charge in [0.25, 0.3) is 15.9 Å². The van der Waals surface area contributed by atoms with Crippen molar-refractivity contribution >= 4 is 21.9 Å². The molecule has 0 radical (unpaired) electrons. The molecule has 2 aromatic rings. The fourth-order valence-corrected chi connectivity index (χ4v) is 4.23. The Balaban J connectivity index is 2.02. The van der Waals surface area contributed by atoms with Crippen LogP contribution in [-0.2, 0) is 21.3 Å². The molecule has 0 aliphatic carbocycles. The second-order valence-corrected chi connectivity index (χ2v) is 7.34. The first-order valence-electron chi connectivity index (χ1n) is 7.19. The van der Waals surface area contributed by atoms with Crippen LogP contribution in [0.4, 0.5) is 0 Å². The van der Waals surface area contributed by atoms with Gasteiger partial charge in [-0.15, -0.1) is 0 Å². The van der Waals surface area contributed by atoms with Crippen LogP contribution in [0.2, 0.25) is 0 Å². The Bertz CT molecular complexity index is 949. The molecule has 0 atom stereocenters. The highest BCUT2D eigenvalue weighted by molar-refractivity contribution is 7.90. The van der Waals surface area contributed by atoms with Gasteiger partial charge in [0.15, 0.2) is 0 Å². The minimum atomic E-state index is -3.99. The van der Waals surface area contributed by atoms with E-state index < -0.39 is 21.9 Å². The van der Waals surface area contributed by atoms with Crippen molar-refractivity contribution in [2.24, 2.45) is 0 Å². The lowest BCUT2D eigenvalue weighted by Crippen LogP contribution is -2.29. The van der Waals surface area contributed by atoms with E-state index in [-0.39, 0.29) is 22.6 Å². The van der Waals surface area contributed by atoms with Crippen LogP contribution >= 0.6 is 0 Å². The van der Waals surface area contributed by atoms with Gasteiger partial charge in [-0.2, -0.15) is 0 Å². The van der Waals surface area contributed by atoms with Gasteiger partial charge in [-0.3, -0.25) is 4.79 Å². The molecule has 0 saturated carbocycles. The highest BCUT2D eigenvalue weighted by Gasteiger charge is 2.41. The highest BCUT2D eigenvalue weighted by Crippen LogP contribution is 2.32. The first-order chi connectivity index (χ1) is 11.3. The summed E-state index contributed by atoms with van der Waals surface area (Å²) in [6, 6.07) is 11.2. The van der Waals surface area contributed by atoms with Crippen molar-refractivity contribution in [3.05, 3.63) is 64.7 Å². The van der Waals surface area contributed by atoms with Crippen LogP contribution in [-0.4, -0.2) is 31.7 Å². The summed E-state index contributed by atoms with van der Waals surface area (Å²) in [6.45, 7) is 1.84. The number of esters is 1. The zero-order chi connectivity index (χ0) is 17.5. The number of nitrogens with zero attached hydrogens (tertiary/aromatic N) is 1. The van der Waals surface area contributed by atoms with Gasteiger partial charge in [0, 0.05) is 0 Å². The highest BCUT2D eigenvalue weighted by atomic mass is 32.2. The van der Waals surface area contributed by atoms with Gasteiger partial charge in [-0.1, -0.05) is 29.8 Å². The van der Waals surface area contributed by atoms with Crippen LogP contribution in [0.3, 0.4) is 0 Å². The molecular formula is C17H15NO5S. The summed E-state index contributed by atoms with van der Waals surface area (Å²) in [5, 5.41) is 0. The third-order valence-corrected chi connectivity index (χ3v) is 5.61. The lowest BCUT2D eigenvalue weighted by atomic mass is 10.1. The number of sulfonamides is 1. The Morgan fingerprint density at radius 1 is 1.17 bits per heavy atom. The Kier molecular flexibility index (Phi) is 3.88. The van der Waals surface area contributed by atoms with Crippen LogP contribution in [0.1, 0.15) is 31.8 Å². The number of amides is 1. The monoisotopic (exact) mass is 345 g/mol. The number of fused-ring (bicyclic) bond motifs is 1. The Hall–Kier alpha value is -2.67. The number of carbonyl (C=O) groups is 2. The molecule has 24 heavy (non-hydrogen) atoms. The minimum Gasteiger partial charge on any atom is -0.465 e. The zero-order valence-corrected chi connectivity index (χ0v) is 14.0. The molecule has 2 aromatic carbocycles. The molecule has 0 saturated heterocycles. The summed E-state index contributed by atoms with van der Waals surface area (Å²) in [7, 11) is -2.79. The number of carbonyl (C=O) groups excluding carboxylic acids is 2. The Morgan fingerprint density at radius 2 is 1.92 bits per heavy atom. The van der Waals surface area contributed by atoms with Gasteiger partial charge in [0.05, 0.1) is 24.8 Å². The minimum absolute atomic E-state index is 0.0505. The van der Waals surface area contributed by atoms with Crippen molar-refractivity contribution in [2.45, 2.75) is 18.4 Å². The SMILES string of the molecule is COC(=O)c1ccc2c(c1)S(=O)(=O)N(Cc1cccc(C)c1)C2=O. The molecule has 3 rings (SSSR count). The molecule has 1 heterocycles. The third-order valence-electron chi connectivity index (χ3n) is 3.84. The van der Waals surface area contributed by atoms with Crippen LogP contribution in [0.15, 0.2) is 47.4 Å². The van der Waals surface area contributed by atoms with Crippen LogP contribution in [0, 0.1) is 6.92 Å². The molecule has 0 spiro atoms. The van der Waals surface area contributed by atoms with Gasteiger partial charge in [0.1, 0.15) is 4.90 Å². The lowest BCUT2D eigenvalue weighted by molar-refractivity contribution is 0.0600. The van der Waals surface area contributed by atoms with Gasteiger partial charge in [0.2, 0.25) is 0 Å². The molecule has 0 aromatic heterocycles. The van der Waals surface area contributed by atoms with Crippen LogP contribution < -0.4 is 0 Å². The molecule has 1 amide bonds. The molecular weight excluding hydrogens is 330 g/mol. The zero-order valence-electron chi connectivity index (χ0n) is 13.1. The van der Waals surface area contributed by atoms with Crippen molar-refractivity contribution in [1.82, 2.24) is 4.31 Å². The van der Waals surface area contributed by atoms with E-state index in [1.807, 2.05) is 19.1 Å². The summed E-state index contributed by atoms with van der Waals surface area (Å²) in [6.07, 6.45) is 0. The van der Waals surface area contributed by atoms with E-state index in [9.17, 15) is 18.0 Å². The number of methoxy groups -OCH3 is 1.